The molecule has 2 heterocycles. The molecule has 9 nitrogen and oxygen atoms in total. The van der Waals surface area contributed by atoms with Crippen molar-refractivity contribution in [3.05, 3.63) is 36.4 Å². The molecule has 3 rings (SSSR count). The van der Waals surface area contributed by atoms with Crippen molar-refractivity contribution in [2.24, 2.45) is 0 Å². The van der Waals surface area contributed by atoms with Gasteiger partial charge in [0.25, 0.3) is 0 Å². The zero-order chi connectivity index (χ0) is 20.9. The Hall–Kier alpha value is -1.98. The molecule has 0 aromatic heterocycles. The van der Waals surface area contributed by atoms with Gasteiger partial charge in [0.2, 0.25) is 15.9 Å². The second-order valence-corrected chi connectivity index (χ2v) is 8.46. The van der Waals surface area contributed by atoms with E-state index in [-0.39, 0.29) is 23.0 Å². The summed E-state index contributed by atoms with van der Waals surface area (Å²) in [6, 6.07) is 5.49. The zero-order valence-electron chi connectivity index (χ0n) is 16.2. The molecule has 1 aromatic rings. The smallest absolute Gasteiger partial charge is 0.244 e. The Bertz CT molecular complexity index is 837. The molecule has 3 atom stereocenters. The van der Waals surface area contributed by atoms with Crippen LogP contribution in [0.5, 0.6) is 5.75 Å². The lowest BCUT2D eigenvalue weighted by Gasteiger charge is -2.33. The van der Waals surface area contributed by atoms with E-state index >= 15 is 0 Å². The van der Waals surface area contributed by atoms with Crippen molar-refractivity contribution < 1.29 is 32.5 Å². The fourth-order valence-corrected chi connectivity index (χ4v) is 4.70. The molecule has 0 bridgehead atoms. The van der Waals surface area contributed by atoms with Gasteiger partial charge in [-0.05, 0) is 12.1 Å². The Labute approximate surface area is 170 Å². The number of carbonyl (C=O) groups is 1. The van der Waals surface area contributed by atoms with Crippen LogP contribution in [0, 0.1) is 0 Å². The molecule has 0 radical (unpaired) electrons. The first-order valence-electron chi connectivity index (χ1n) is 9.40. The summed E-state index contributed by atoms with van der Waals surface area (Å²) in [5, 5.41) is 9.70. The third-order valence-corrected chi connectivity index (χ3v) is 6.35. The Morgan fingerprint density at radius 1 is 1.28 bits per heavy atom. The maximum Gasteiger partial charge on any atom is 0.244 e. The van der Waals surface area contributed by atoms with Gasteiger partial charge in [-0.1, -0.05) is 24.3 Å². The average Bonchev–Trinajstić information content (AvgIpc) is 2.75. The molecule has 0 aliphatic carbocycles. The molecule has 1 fully saturated rings. The van der Waals surface area contributed by atoms with Crippen molar-refractivity contribution >= 4 is 15.9 Å². The number of hydrogen-bond acceptors (Lipinski definition) is 7. The van der Waals surface area contributed by atoms with Crippen LogP contribution < -0.4 is 9.46 Å². The second-order valence-electron chi connectivity index (χ2n) is 6.78. The fraction of sp³-hybridized carbons (Fsp3) is 0.526. The van der Waals surface area contributed by atoms with E-state index in [1.807, 2.05) is 0 Å². The minimum absolute atomic E-state index is 0.00258. The molecule has 29 heavy (non-hydrogen) atoms. The van der Waals surface area contributed by atoms with Crippen LogP contribution >= 0.6 is 0 Å². The van der Waals surface area contributed by atoms with Gasteiger partial charge in [-0.3, -0.25) is 4.79 Å². The summed E-state index contributed by atoms with van der Waals surface area (Å²) in [7, 11) is -2.52. The fourth-order valence-electron chi connectivity index (χ4n) is 3.31. The molecule has 1 saturated heterocycles. The first-order chi connectivity index (χ1) is 13.9. The van der Waals surface area contributed by atoms with Crippen molar-refractivity contribution in [3.8, 4) is 5.75 Å². The number of rotatable bonds is 7. The van der Waals surface area contributed by atoms with Gasteiger partial charge in [0, 0.05) is 13.1 Å². The van der Waals surface area contributed by atoms with Gasteiger partial charge in [0.05, 0.1) is 45.5 Å². The van der Waals surface area contributed by atoms with Crippen molar-refractivity contribution in [3.63, 3.8) is 0 Å². The van der Waals surface area contributed by atoms with Crippen LogP contribution in [0.2, 0.25) is 0 Å². The van der Waals surface area contributed by atoms with Crippen LogP contribution in [-0.4, -0.2) is 82.6 Å². The van der Waals surface area contributed by atoms with Crippen LogP contribution in [0.15, 0.2) is 41.3 Å². The lowest BCUT2D eigenvalue weighted by atomic mass is 10.1. The quantitative estimate of drug-likeness (QED) is 0.586. The van der Waals surface area contributed by atoms with E-state index in [9.17, 15) is 18.3 Å². The summed E-state index contributed by atoms with van der Waals surface area (Å²) in [6.45, 7) is 1.71. The summed E-state index contributed by atoms with van der Waals surface area (Å²) in [5.41, 5.74) is 0. The number of ether oxygens (including phenoxy) is 3. The van der Waals surface area contributed by atoms with Crippen molar-refractivity contribution in [2.75, 3.05) is 40.0 Å². The monoisotopic (exact) mass is 426 g/mol. The lowest BCUT2D eigenvalue weighted by molar-refractivity contribution is -0.139. The number of hydrogen-bond donors (Lipinski definition) is 2. The lowest BCUT2D eigenvalue weighted by Crippen LogP contribution is -2.49. The summed E-state index contributed by atoms with van der Waals surface area (Å²) in [6.07, 6.45) is 2.05. The van der Waals surface area contributed by atoms with Gasteiger partial charge in [-0.2, -0.15) is 0 Å². The summed E-state index contributed by atoms with van der Waals surface area (Å²) < 4.78 is 44.2. The molecule has 1 aromatic carbocycles. The predicted octanol–water partition coefficient (Wildman–Crippen LogP) is -0.0931. The largest absolute Gasteiger partial charge is 0.495 e. The van der Waals surface area contributed by atoms with Crippen LogP contribution in [0.4, 0.5) is 0 Å². The Balaban J connectivity index is 1.67. The molecule has 0 spiro atoms. The highest BCUT2D eigenvalue weighted by Crippen LogP contribution is 2.24. The van der Waals surface area contributed by atoms with Crippen molar-refractivity contribution in [1.29, 1.82) is 0 Å². The molecule has 10 heteroatoms. The normalized spacial score (nSPS) is 25.0. The molecule has 2 N–H and O–H groups in total. The van der Waals surface area contributed by atoms with Crippen molar-refractivity contribution in [1.82, 2.24) is 9.62 Å². The van der Waals surface area contributed by atoms with E-state index in [0.717, 1.165) is 0 Å². The molecule has 0 saturated carbocycles. The molecule has 0 unspecified atom stereocenters. The minimum Gasteiger partial charge on any atom is -0.495 e. The van der Waals surface area contributed by atoms with E-state index in [4.69, 9.17) is 14.2 Å². The zero-order valence-corrected chi connectivity index (χ0v) is 17.0. The van der Waals surface area contributed by atoms with E-state index in [1.54, 1.807) is 35.3 Å². The number of para-hydroxylation sites is 1. The number of nitrogens with one attached hydrogen (secondary N) is 1. The van der Waals surface area contributed by atoms with Gasteiger partial charge < -0.3 is 24.2 Å². The van der Waals surface area contributed by atoms with Crippen LogP contribution in [0.25, 0.3) is 0 Å². The Kier molecular flexibility index (Phi) is 7.25. The van der Waals surface area contributed by atoms with E-state index in [2.05, 4.69) is 4.72 Å². The third kappa shape index (κ3) is 5.34. The number of sulfonamides is 1. The highest BCUT2D eigenvalue weighted by molar-refractivity contribution is 7.89. The summed E-state index contributed by atoms with van der Waals surface area (Å²) in [4.78, 5) is 14.1. The molecule has 2 aliphatic rings. The van der Waals surface area contributed by atoms with Crippen molar-refractivity contribution in [2.45, 2.75) is 29.6 Å². The number of morpholine rings is 1. The topological polar surface area (TPSA) is 114 Å². The predicted molar refractivity (Wildman–Crippen MR) is 104 cm³/mol. The standard InChI is InChI=1S/C19H26N2O7S/c1-26-16-4-2-3-5-18(16)29(24,25)20-15-7-6-14(28-17(15)13-22)12-19(23)21-8-10-27-11-9-21/h2-7,14-15,17,20,22H,8-13H2,1H3/t14-,15+,17-/m0/s1. The van der Waals surface area contributed by atoms with Gasteiger partial charge in [-0.15, -0.1) is 0 Å². The Morgan fingerprint density at radius 3 is 2.69 bits per heavy atom. The Morgan fingerprint density at radius 2 is 2.00 bits per heavy atom. The average molecular weight is 426 g/mol. The molecule has 1 amide bonds. The first kappa shape index (κ1) is 21.7. The number of aliphatic hydroxyl groups excluding tert-OH is 1. The highest BCUT2D eigenvalue weighted by atomic mass is 32.2. The third-order valence-electron chi connectivity index (χ3n) is 4.85. The van der Waals surface area contributed by atoms with Crippen LogP contribution in [0.1, 0.15) is 6.42 Å². The van der Waals surface area contributed by atoms with Crippen LogP contribution in [-0.2, 0) is 24.3 Å². The molecule has 160 valence electrons. The number of carbonyl (C=O) groups excluding carboxylic acids is 1. The van der Waals surface area contributed by atoms with Crippen LogP contribution in [0.3, 0.4) is 0 Å². The van der Waals surface area contributed by atoms with E-state index in [1.165, 1.54) is 13.2 Å². The van der Waals surface area contributed by atoms with Gasteiger partial charge in [-0.25, -0.2) is 13.1 Å². The highest BCUT2D eigenvalue weighted by Gasteiger charge is 2.33. The molecular formula is C19H26N2O7S. The number of amides is 1. The summed E-state index contributed by atoms with van der Waals surface area (Å²) >= 11 is 0. The van der Waals surface area contributed by atoms with Gasteiger partial charge in [0.15, 0.2) is 0 Å². The van der Waals surface area contributed by atoms with Gasteiger partial charge >= 0.3 is 0 Å². The van der Waals surface area contributed by atoms with Gasteiger partial charge in [0.1, 0.15) is 16.7 Å². The van der Waals surface area contributed by atoms with E-state index < -0.39 is 34.9 Å². The second kappa shape index (κ2) is 9.68. The summed E-state index contributed by atoms with van der Waals surface area (Å²) in [5.74, 6) is 0.155. The number of aliphatic hydroxyl groups is 1. The SMILES string of the molecule is COc1ccccc1S(=O)(=O)N[C@@H]1C=C[C@@H](CC(=O)N2CCOCC2)O[C@H]1CO. The first-order valence-corrected chi connectivity index (χ1v) is 10.9. The number of methoxy groups -OCH3 is 1. The van der Waals surface area contributed by atoms with E-state index in [0.29, 0.717) is 26.3 Å². The maximum absolute atomic E-state index is 12.8. The molecular weight excluding hydrogens is 400 g/mol. The maximum atomic E-state index is 12.8. The molecule has 2 aliphatic heterocycles. The number of benzene rings is 1. The minimum atomic E-state index is -3.91. The number of nitrogens with zero attached hydrogens (tertiary/aromatic N) is 1.